The Morgan fingerprint density at radius 1 is 1.08 bits per heavy atom. The molecule has 2 aromatic rings. The Morgan fingerprint density at radius 3 is 2.46 bits per heavy atom. The Morgan fingerprint density at radius 2 is 1.77 bits per heavy atom. The van der Waals surface area contributed by atoms with Gasteiger partial charge in [-0.3, -0.25) is 0 Å². The molecule has 4 nitrogen and oxygen atoms in total. The largest absolute Gasteiger partial charge is 0.497 e. The highest BCUT2D eigenvalue weighted by Crippen LogP contribution is 2.25. The highest BCUT2D eigenvalue weighted by molar-refractivity contribution is 7.80. The summed E-state index contributed by atoms with van der Waals surface area (Å²) in [5, 5.41) is 4.01. The van der Waals surface area contributed by atoms with Crippen LogP contribution in [0.25, 0.3) is 0 Å². The number of piperidine rings is 1. The van der Waals surface area contributed by atoms with Crippen molar-refractivity contribution in [1.82, 2.24) is 4.90 Å². The molecule has 1 fully saturated rings. The molecule has 0 saturated carbocycles. The summed E-state index contributed by atoms with van der Waals surface area (Å²) in [5.41, 5.74) is 3.62. The van der Waals surface area contributed by atoms with Gasteiger partial charge in [0, 0.05) is 38.1 Å². The summed E-state index contributed by atoms with van der Waals surface area (Å²) >= 11 is 5.59. The number of hydrogen-bond donors (Lipinski definition) is 1. The van der Waals surface area contributed by atoms with E-state index in [-0.39, 0.29) is 0 Å². The maximum absolute atomic E-state index is 5.59. The molecule has 1 saturated heterocycles. The predicted octanol–water partition coefficient (Wildman–Crippen LogP) is 4.51. The van der Waals surface area contributed by atoms with Crippen molar-refractivity contribution in [3.05, 3.63) is 54.1 Å². The second-order valence-corrected chi connectivity index (χ2v) is 7.08. The van der Waals surface area contributed by atoms with Crippen molar-refractivity contribution in [2.24, 2.45) is 0 Å². The summed E-state index contributed by atoms with van der Waals surface area (Å²) in [4.78, 5) is 4.59. The van der Waals surface area contributed by atoms with Crippen molar-refractivity contribution >= 4 is 28.7 Å². The summed E-state index contributed by atoms with van der Waals surface area (Å²) in [6.07, 6.45) is 3.90. The van der Waals surface area contributed by atoms with Crippen LogP contribution in [0.15, 0.2) is 48.5 Å². The van der Waals surface area contributed by atoms with Crippen LogP contribution in [-0.4, -0.2) is 37.3 Å². The van der Waals surface area contributed by atoms with E-state index >= 15 is 0 Å². The first-order chi connectivity index (χ1) is 12.7. The quantitative estimate of drug-likeness (QED) is 0.783. The molecule has 0 atom stereocenters. The molecule has 0 amide bonds. The van der Waals surface area contributed by atoms with Gasteiger partial charge in [-0.15, -0.1) is 0 Å². The van der Waals surface area contributed by atoms with E-state index in [4.69, 9.17) is 17.0 Å². The molecule has 0 aromatic heterocycles. The van der Waals surface area contributed by atoms with Gasteiger partial charge in [-0.25, -0.2) is 0 Å². The van der Waals surface area contributed by atoms with E-state index in [2.05, 4.69) is 39.4 Å². The van der Waals surface area contributed by atoms with Crippen LogP contribution >= 0.6 is 12.2 Å². The van der Waals surface area contributed by atoms with Gasteiger partial charge in [-0.05, 0) is 67.4 Å². The van der Waals surface area contributed by atoms with Gasteiger partial charge in [-0.2, -0.15) is 0 Å². The molecule has 0 aliphatic carbocycles. The van der Waals surface area contributed by atoms with Crippen molar-refractivity contribution in [3.63, 3.8) is 0 Å². The summed E-state index contributed by atoms with van der Waals surface area (Å²) < 4.78 is 5.20. The molecule has 1 heterocycles. The zero-order valence-corrected chi connectivity index (χ0v) is 16.4. The number of benzene rings is 2. The molecule has 3 rings (SSSR count). The predicted molar refractivity (Wildman–Crippen MR) is 113 cm³/mol. The van der Waals surface area contributed by atoms with Gasteiger partial charge >= 0.3 is 0 Å². The van der Waals surface area contributed by atoms with Crippen molar-refractivity contribution in [2.75, 3.05) is 37.5 Å². The van der Waals surface area contributed by atoms with Crippen LogP contribution in [0.2, 0.25) is 0 Å². The molecule has 0 bridgehead atoms. The number of nitrogens with zero attached hydrogens (tertiary/aromatic N) is 2. The second kappa shape index (κ2) is 8.90. The van der Waals surface area contributed by atoms with Crippen LogP contribution < -0.4 is 15.0 Å². The fourth-order valence-corrected chi connectivity index (χ4v) is 3.49. The average Bonchev–Trinajstić information content (AvgIpc) is 2.69. The van der Waals surface area contributed by atoms with E-state index in [1.165, 1.54) is 30.5 Å². The first-order valence-electron chi connectivity index (χ1n) is 9.16. The fourth-order valence-electron chi connectivity index (χ4n) is 3.31. The van der Waals surface area contributed by atoms with Crippen LogP contribution in [0, 0.1) is 0 Å². The fraction of sp³-hybridized carbons (Fsp3) is 0.381. The number of rotatable bonds is 5. The molecule has 2 aromatic carbocycles. The monoisotopic (exact) mass is 369 g/mol. The number of thiocarbonyl (C=S) groups is 1. The Bertz CT molecular complexity index is 726. The maximum atomic E-state index is 5.59. The highest BCUT2D eigenvalue weighted by Gasteiger charge is 2.15. The lowest BCUT2D eigenvalue weighted by Crippen LogP contribution is -2.33. The van der Waals surface area contributed by atoms with Crippen LogP contribution in [0.4, 0.5) is 11.4 Å². The molecular weight excluding hydrogens is 342 g/mol. The molecule has 0 radical (unpaired) electrons. The van der Waals surface area contributed by atoms with E-state index in [1.54, 1.807) is 7.11 Å². The summed E-state index contributed by atoms with van der Waals surface area (Å²) in [7, 11) is 3.70. The lowest BCUT2D eigenvalue weighted by atomic mass is 10.1. The molecule has 1 N–H and O–H groups in total. The van der Waals surface area contributed by atoms with Gasteiger partial charge in [0.05, 0.1) is 7.11 Å². The third kappa shape index (κ3) is 4.67. The lowest BCUT2D eigenvalue weighted by Gasteiger charge is -2.32. The van der Waals surface area contributed by atoms with Crippen molar-refractivity contribution in [3.8, 4) is 5.75 Å². The minimum Gasteiger partial charge on any atom is -0.497 e. The number of ether oxygens (including phenoxy) is 1. The molecular formula is C21H27N3OS. The number of anilines is 2. The number of hydrogen-bond acceptors (Lipinski definition) is 3. The van der Waals surface area contributed by atoms with Crippen LogP contribution in [0.5, 0.6) is 5.75 Å². The third-order valence-electron chi connectivity index (χ3n) is 4.78. The van der Waals surface area contributed by atoms with E-state index in [0.29, 0.717) is 5.11 Å². The van der Waals surface area contributed by atoms with Crippen molar-refractivity contribution < 1.29 is 4.74 Å². The smallest absolute Gasteiger partial charge is 0.173 e. The van der Waals surface area contributed by atoms with Gasteiger partial charge in [0.2, 0.25) is 0 Å². The SMILES string of the molecule is COc1ccc(NC(=S)N(C)Cc2ccccc2N2CCCCC2)cc1. The first kappa shape index (κ1) is 18.5. The minimum atomic E-state index is 0.712. The summed E-state index contributed by atoms with van der Waals surface area (Å²) in [6.45, 7) is 3.08. The topological polar surface area (TPSA) is 27.7 Å². The summed E-state index contributed by atoms with van der Waals surface area (Å²) in [6, 6.07) is 16.5. The second-order valence-electron chi connectivity index (χ2n) is 6.69. The Labute approximate surface area is 161 Å². The normalized spacial score (nSPS) is 14.0. The molecule has 138 valence electrons. The van der Waals surface area contributed by atoms with Crippen LogP contribution in [-0.2, 0) is 6.54 Å². The Balaban J connectivity index is 1.65. The molecule has 26 heavy (non-hydrogen) atoms. The van der Waals surface area contributed by atoms with Gasteiger partial charge in [-0.1, -0.05) is 18.2 Å². The molecule has 0 spiro atoms. The van der Waals surface area contributed by atoms with E-state index in [1.807, 2.05) is 31.3 Å². The van der Waals surface area contributed by atoms with E-state index in [0.717, 1.165) is 31.1 Å². The standard InChI is InChI=1S/C21H27N3OS/c1-23(21(26)22-18-10-12-19(25-2)13-11-18)16-17-8-4-5-9-20(17)24-14-6-3-7-15-24/h4-5,8-13H,3,6-7,14-16H2,1-2H3,(H,22,26). The number of nitrogens with one attached hydrogen (secondary N) is 1. The Hall–Kier alpha value is -2.27. The first-order valence-corrected chi connectivity index (χ1v) is 9.57. The van der Waals surface area contributed by atoms with Crippen LogP contribution in [0.3, 0.4) is 0 Å². The third-order valence-corrected chi connectivity index (χ3v) is 5.20. The average molecular weight is 370 g/mol. The van der Waals surface area contributed by atoms with Gasteiger partial charge in [0.1, 0.15) is 5.75 Å². The molecule has 0 unspecified atom stereocenters. The number of para-hydroxylation sites is 1. The van der Waals surface area contributed by atoms with E-state index < -0.39 is 0 Å². The lowest BCUT2D eigenvalue weighted by molar-refractivity contribution is 0.415. The van der Waals surface area contributed by atoms with Gasteiger partial charge < -0.3 is 19.9 Å². The van der Waals surface area contributed by atoms with Crippen LogP contribution in [0.1, 0.15) is 24.8 Å². The molecule has 1 aliphatic heterocycles. The van der Waals surface area contributed by atoms with Gasteiger partial charge in [0.25, 0.3) is 0 Å². The van der Waals surface area contributed by atoms with Crippen molar-refractivity contribution in [2.45, 2.75) is 25.8 Å². The zero-order valence-electron chi connectivity index (χ0n) is 15.6. The maximum Gasteiger partial charge on any atom is 0.173 e. The van der Waals surface area contributed by atoms with Gasteiger partial charge in [0.15, 0.2) is 5.11 Å². The summed E-state index contributed by atoms with van der Waals surface area (Å²) in [5.74, 6) is 0.838. The Kier molecular flexibility index (Phi) is 6.34. The minimum absolute atomic E-state index is 0.712. The molecule has 1 aliphatic rings. The highest BCUT2D eigenvalue weighted by atomic mass is 32.1. The van der Waals surface area contributed by atoms with Crippen molar-refractivity contribution in [1.29, 1.82) is 0 Å². The zero-order chi connectivity index (χ0) is 18.4. The molecule has 5 heteroatoms. The number of methoxy groups -OCH3 is 1. The van der Waals surface area contributed by atoms with E-state index in [9.17, 15) is 0 Å².